The van der Waals surface area contributed by atoms with Gasteiger partial charge in [-0.2, -0.15) is 5.26 Å². The average Bonchev–Trinajstić information content (AvgIpc) is 2.05. The zero-order valence-corrected chi connectivity index (χ0v) is 6.74. The molecule has 0 saturated heterocycles. The van der Waals surface area contributed by atoms with Gasteiger partial charge >= 0.3 is 0 Å². The molecule has 62 valence electrons. The summed E-state index contributed by atoms with van der Waals surface area (Å²) < 4.78 is 20.4. The van der Waals surface area contributed by atoms with Crippen molar-refractivity contribution in [2.24, 2.45) is 0 Å². The predicted molar refractivity (Wildman–Crippen MR) is 39.4 cm³/mol. The van der Waals surface area contributed by atoms with Gasteiger partial charge in [0.25, 0.3) is 0 Å². The molecule has 0 bridgehead atoms. The van der Waals surface area contributed by atoms with Crippen molar-refractivity contribution in [1.29, 1.82) is 5.26 Å². The van der Waals surface area contributed by atoms with Gasteiger partial charge in [-0.15, -0.1) is 0 Å². The molecule has 0 aromatic carbocycles. The van der Waals surface area contributed by atoms with Crippen molar-refractivity contribution < 1.29 is 8.76 Å². The van der Waals surface area contributed by atoms with E-state index in [4.69, 9.17) is 5.26 Å². The van der Waals surface area contributed by atoms with Crippen LogP contribution in [-0.2, 0) is 16.8 Å². The van der Waals surface area contributed by atoms with Crippen molar-refractivity contribution in [3.05, 3.63) is 23.8 Å². The zero-order chi connectivity index (χ0) is 8.97. The van der Waals surface area contributed by atoms with Crippen LogP contribution in [0.25, 0.3) is 0 Å². The summed E-state index contributed by atoms with van der Waals surface area (Å²) >= 11 is -2.18. The zero-order valence-electron chi connectivity index (χ0n) is 5.93. The third-order valence-corrected chi connectivity index (χ3v) is 1.58. The maximum Gasteiger partial charge on any atom is 0.139 e. The first-order valence-electron chi connectivity index (χ1n) is 2.99. The molecule has 0 aliphatic rings. The highest BCUT2D eigenvalue weighted by atomic mass is 32.2. The molecule has 0 radical (unpaired) electrons. The van der Waals surface area contributed by atoms with Crippen LogP contribution in [0.1, 0.15) is 11.4 Å². The monoisotopic (exact) mass is 182 g/mol. The van der Waals surface area contributed by atoms with Crippen LogP contribution in [0.2, 0.25) is 0 Å². The van der Waals surface area contributed by atoms with Crippen LogP contribution in [0.4, 0.5) is 0 Å². The van der Waals surface area contributed by atoms with E-state index in [1.807, 2.05) is 6.07 Å². The van der Waals surface area contributed by atoms with E-state index < -0.39 is 11.1 Å². The fourth-order valence-electron chi connectivity index (χ4n) is 0.592. The Balaban J connectivity index is 2.80. The van der Waals surface area contributed by atoms with E-state index in [1.54, 1.807) is 0 Å². The average molecular weight is 182 g/mol. The molecular formula is C6H4N3O2S-. The lowest BCUT2D eigenvalue weighted by molar-refractivity contribution is 0.535. The summed E-state index contributed by atoms with van der Waals surface area (Å²) in [5.41, 5.74) is 0.315. The third kappa shape index (κ3) is 2.38. The fraction of sp³-hybridized carbons (Fsp3) is 0.167. The minimum absolute atomic E-state index is 0.197. The van der Waals surface area contributed by atoms with Gasteiger partial charge in [0.15, 0.2) is 0 Å². The summed E-state index contributed by atoms with van der Waals surface area (Å²) in [6.45, 7) is 0. The SMILES string of the molecule is N#Cc1cnc(CS(=O)[O-])nc1. The molecule has 1 rings (SSSR count). The first kappa shape index (κ1) is 8.77. The van der Waals surface area contributed by atoms with Gasteiger partial charge in [-0.3, -0.25) is 4.21 Å². The van der Waals surface area contributed by atoms with E-state index in [0.717, 1.165) is 0 Å². The second-order valence-corrected chi connectivity index (χ2v) is 2.84. The van der Waals surface area contributed by atoms with Crippen molar-refractivity contribution in [1.82, 2.24) is 9.97 Å². The smallest absolute Gasteiger partial charge is 0.139 e. The Morgan fingerprint density at radius 3 is 2.58 bits per heavy atom. The van der Waals surface area contributed by atoms with E-state index in [9.17, 15) is 8.76 Å². The fourth-order valence-corrected chi connectivity index (χ4v) is 0.952. The van der Waals surface area contributed by atoms with Crippen LogP contribution < -0.4 is 0 Å². The molecule has 0 N–H and O–H groups in total. The summed E-state index contributed by atoms with van der Waals surface area (Å²) in [7, 11) is 0. The normalized spacial score (nSPS) is 12.0. The van der Waals surface area contributed by atoms with Gasteiger partial charge < -0.3 is 4.55 Å². The highest BCUT2D eigenvalue weighted by Crippen LogP contribution is 1.95. The van der Waals surface area contributed by atoms with E-state index in [1.165, 1.54) is 12.4 Å². The number of nitriles is 1. The number of hydrogen-bond acceptors (Lipinski definition) is 5. The molecule has 0 fully saturated rings. The van der Waals surface area contributed by atoms with Crippen molar-refractivity contribution in [2.75, 3.05) is 0 Å². The number of aromatic nitrogens is 2. The molecule has 0 amide bonds. The van der Waals surface area contributed by atoms with Gasteiger partial charge in [0, 0.05) is 12.4 Å². The lowest BCUT2D eigenvalue weighted by atomic mass is 10.4. The Kier molecular flexibility index (Phi) is 2.85. The molecule has 0 aliphatic heterocycles. The van der Waals surface area contributed by atoms with Crippen LogP contribution in [-0.4, -0.2) is 18.7 Å². The Morgan fingerprint density at radius 2 is 2.17 bits per heavy atom. The first-order valence-corrected chi connectivity index (χ1v) is 4.23. The highest BCUT2D eigenvalue weighted by molar-refractivity contribution is 7.78. The van der Waals surface area contributed by atoms with E-state index in [0.29, 0.717) is 5.56 Å². The third-order valence-electron chi connectivity index (χ3n) is 1.08. The maximum absolute atomic E-state index is 10.2. The summed E-state index contributed by atoms with van der Waals surface area (Å²) in [6, 6.07) is 1.83. The maximum atomic E-state index is 10.2. The van der Waals surface area contributed by atoms with Crippen molar-refractivity contribution >= 4 is 11.1 Å². The van der Waals surface area contributed by atoms with Crippen LogP contribution in [0.15, 0.2) is 12.4 Å². The summed E-state index contributed by atoms with van der Waals surface area (Å²) in [4.78, 5) is 7.33. The van der Waals surface area contributed by atoms with Crippen molar-refractivity contribution in [3.8, 4) is 6.07 Å². The highest BCUT2D eigenvalue weighted by Gasteiger charge is 1.96. The van der Waals surface area contributed by atoms with E-state index >= 15 is 0 Å². The van der Waals surface area contributed by atoms with Crippen LogP contribution >= 0.6 is 0 Å². The molecule has 5 nitrogen and oxygen atoms in total. The minimum Gasteiger partial charge on any atom is -0.772 e. The molecule has 6 heteroatoms. The van der Waals surface area contributed by atoms with Crippen LogP contribution in [0, 0.1) is 11.3 Å². The molecule has 1 aromatic heterocycles. The molecule has 1 heterocycles. The molecule has 1 atom stereocenters. The molecule has 0 saturated carbocycles. The quantitative estimate of drug-likeness (QED) is 0.587. The van der Waals surface area contributed by atoms with Crippen molar-refractivity contribution in [2.45, 2.75) is 5.75 Å². The minimum atomic E-state index is -2.18. The molecule has 0 spiro atoms. The van der Waals surface area contributed by atoms with Gasteiger partial charge in [0.05, 0.1) is 11.3 Å². The molecule has 1 aromatic rings. The van der Waals surface area contributed by atoms with Crippen LogP contribution in [0.5, 0.6) is 0 Å². The number of rotatable bonds is 2. The topological polar surface area (TPSA) is 89.7 Å². The first-order chi connectivity index (χ1) is 5.72. The lowest BCUT2D eigenvalue weighted by Crippen LogP contribution is -1.99. The number of hydrogen-bond donors (Lipinski definition) is 0. The number of nitrogens with zero attached hydrogens (tertiary/aromatic N) is 3. The summed E-state index contributed by atoms with van der Waals surface area (Å²) in [5.74, 6) is -0.0200. The molecule has 1 unspecified atom stereocenters. The van der Waals surface area contributed by atoms with Gasteiger partial charge in [0.2, 0.25) is 0 Å². The largest absolute Gasteiger partial charge is 0.772 e. The summed E-state index contributed by atoms with van der Waals surface area (Å²) in [6.07, 6.45) is 2.57. The van der Waals surface area contributed by atoms with Crippen molar-refractivity contribution in [3.63, 3.8) is 0 Å². The van der Waals surface area contributed by atoms with Crippen LogP contribution in [0.3, 0.4) is 0 Å². The Bertz CT molecular complexity index is 330. The molecular weight excluding hydrogens is 178 g/mol. The Morgan fingerprint density at radius 1 is 1.58 bits per heavy atom. The van der Waals surface area contributed by atoms with Gasteiger partial charge in [-0.1, -0.05) is 0 Å². The van der Waals surface area contributed by atoms with E-state index in [2.05, 4.69) is 9.97 Å². The molecule has 12 heavy (non-hydrogen) atoms. The Labute approximate surface area is 71.4 Å². The van der Waals surface area contributed by atoms with Gasteiger partial charge in [-0.05, 0) is 11.1 Å². The second kappa shape index (κ2) is 3.90. The summed E-state index contributed by atoms with van der Waals surface area (Å²) in [5, 5.41) is 8.36. The molecule has 0 aliphatic carbocycles. The lowest BCUT2D eigenvalue weighted by Gasteiger charge is -2.01. The van der Waals surface area contributed by atoms with E-state index in [-0.39, 0.29) is 11.6 Å². The standard InChI is InChI=1S/C6H5N3O2S/c7-1-5-2-8-6(9-3-5)4-12(10)11/h2-3H,4H2,(H,10,11)/p-1. The predicted octanol–water partition coefficient (Wildman–Crippen LogP) is -0.273. The second-order valence-electron chi connectivity index (χ2n) is 1.95. The van der Waals surface area contributed by atoms with Gasteiger partial charge in [0.1, 0.15) is 11.9 Å². The Hall–Kier alpha value is -1.32. The van der Waals surface area contributed by atoms with Gasteiger partial charge in [-0.25, -0.2) is 9.97 Å².